The molecule has 0 fully saturated rings. The van der Waals surface area contributed by atoms with Crippen molar-refractivity contribution in [3.8, 4) is 0 Å². The van der Waals surface area contributed by atoms with Crippen LogP contribution in [0, 0.1) is 0 Å². The lowest BCUT2D eigenvalue weighted by atomic mass is 10.1. The molecule has 0 aliphatic rings. The van der Waals surface area contributed by atoms with Gasteiger partial charge in [0.05, 0.1) is 11.4 Å². The van der Waals surface area contributed by atoms with Gasteiger partial charge in [-0.2, -0.15) is 0 Å². The molecule has 0 heterocycles. The van der Waals surface area contributed by atoms with Crippen molar-refractivity contribution in [1.82, 2.24) is 0 Å². The first-order chi connectivity index (χ1) is 9.54. The molecule has 7 heteroatoms. The van der Waals surface area contributed by atoms with Crippen molar-refractivity contribution in [3.05, 3.63) is 23.2 Å². The second-order valence-electron chi connectivity index (χ2n) is 5.06. The number of nitrogens with one attached hydrogen (secondary N) is 1. The number of nitrogens with two attached hydrogens (primary N) is 1. The molecule has 0 unspecified atom stereocenters. The molecule has 128 valence electrons. The zero-order chi connectivity index (χ0) is 15.0. The van der Waals surface area contributed by atoms with Crippen molar-refractivity contribution in [2.24, 2.45) is 5.73 Å². The van der Waals surface area contributed by atoms with E-state index in [-0.39, 0.29) is 30.7 Å². The fraction of sp³-hybridized carbons (Fsp3) is 0.533. The Hall–Kier alpha value is -0.680. The van der Waals surface area contributed by atoms with Gasteiger partial charge in [0.25, 0.3) is 0 Å². The van der Waals surface area contributed by atoms with Gasteiger partial charge < -0.3 is 16.0 Å². The molecule has 22 heavy (non-hydrogen) atoms. The Balaban J connectivity index is 0. The Kier molecular flexibility index (Phi) is 13.7. The molecule has 0 aliphatic carbocycles. The molecule has 1 rings (SSSR count). The lowest BCUT2D eigenvalue weighted by Gasteiger charge is -2.18. The number of nitrogens with zero attached hydrogens (tertiary/aromatic N) is 1. The van der Waals surface area contributed by atoms with Gasteiger partial charge in [0.15, 0.2) is 0 Å². The highest BCUT2D eigenvalue weighted by atomic mass is 35.5. The van der Waals surface area contributed by atoms with Crippen LogP contribution < -0.4 is 16.0 Å². The molecule has 0 radical (unpaired) electrons. The van der Waals surface area contributed by atoms with Crippen LogP contribution in [0.4, 0.5) is 11.4 Å². The predicted molar refractivity (Wildman–Crippen MR) is 101 cm³/mol. The number of carbonyl (C=O) groups is 1. The van der Waals surface area contributed by atoms with Crippen LogP contribution in [0.2, 0.25) is 5.02 Å². The van der Waals surface area contributed by atoms with Gasteiger partial charge in [-0.05, 0) is 37.6 Å². The summed E-state index contributed by atoms with van der Waals surface area (Å²) < 4.78 is 0. The van der Waals surface area contributed by atoms with Crippen molar-refractivity contribution in [2.75, 3.05) is 30.9 Å². The highest BCUT2D eigenvalue weighted by Gasteiger charge is 2.09. The predicted octanol–water partition coefficient (Wildman–Crippen LogP) is 4.10. The lowest BCUT2D eigenvalue weighted by Crippen LogP contribution is -2.16. The summed E-state index contributed by atoms with van der Waals surface area (Å²) in [6.45, 7) is 0.723. The number of anilines is 2. The van der Waals surface area contributed by atoms with E-state index in [0.717, 1.165) is 43.6 Å². The minimum Gasteiger partial charge on any atom is -0.376 e. The maximum Gasteiger partial charge on any atom is 0.224 e. The normalized spacial score (nSPS) is 9.45. The van der Waals surface area contributed by atoms with Gasteiger partial charge in [-0.25, -0.2) is 0 Å². The second-order valence-corrected chi connectivity index (χ2v) is 5.49. The van der Waals surface area contributed by atoms with Crippen LogP contribution in [-0.4, -0.2) is 26.5 Å². The zero-order valence-corrected chi connectivity index (χ0v) is 15.5. The smallest absolute Gasteiger partial charge is 0.224 e. The molecule has 0 saturated heterocycles. The fourth-order valence-electron chi connectivity index (χ4n) is 1.99. The van der Waals surface area contributed by atoms with Crippen LogP contribution in [0.15, 0.2) is 18.2 Å². The topological polar surface area (TPSA) is 58.4 Å². The van der Waals surface area contributed by atoms with Gasteiger partial charge in [-0.3, -0.25) is 4.79 Å². The van der Waals surface area contributed by atoms with Crippen LogP contribution in [0.3, 0.4) is 0 Å². The highest BCUT2D eigenvalue weighted by molar-refractivity contribution is 6.31. The van der Waals surface area contributed by atoms with E-state index < -0.39 is 0 Å². The summed E-state index contributed by atoms with van der Waals surface area (Å²) in [6.07, 6.45) is 4.58. The summed E-state index contributed by atoms with van der Waals surface area (Å²) in [6, 6.07) is 5.50. The first kappa shape index (κ1) is 23.6. The minimum atomic E-state index is 0. The van der Waals surface area contributed by atoms with Gasteiger partial charge in [0, 0.05) is 25.5 Å². The number of unbranched alkanes of at least 4 members (excludes halogenated alkanes) is 3. The fourth-order valence-corrected chi connectivity index (χ4v) is 2.17. The summed E-state index contributed by atoms with van der Waals surface area (Å²) in [5.41, 5.74) is 7.14. The molecule has 0 atom stereocenters. The summed E-state index contributed by atoms with van der Waals surface area (Å²) in [4.78, 5) is 13.9. The maximum absolute atomic E-state index is 11.9. The molecular formula is C15H26Cl3N3O. The summed E-state index contributed by atoms with van der Waals surface area (Å²) in [5, 5.41) is 3.55. The molecule has 0 spiro atoms. The summed E-state index contributed by atoms with van der Waals surface area (Å²) in [7, 11) is 3.87. The number of benzene rings is 1. The van der Waals surface area contributed by atoms with Crippen molar-refractivity contribution in [3.63, 3.8) is 0 Å². The number of amides is 1. The van der Waals surface area contributed by atoms with Gasteiger partial charge in [-0.1, -0.05) is 24.4 Å². The summed E-state index contributed by atoms with van der Waals surface area (Å²) >= 11 is 5.98. The second kappa shape index (κ2) is 12.8. The van der Waals surface area contributed by atoms with Crippen LogP contribution >= 0.6 is 36.4 Å². The molecule has 1 amide bonds. The first-order valence-electron chi connectivity index (χ1n) is 7.01. The van der Waals surface area contributed by atoms with Crippen molar-refractivity contribution in [1.29, 1.82) is 0 Å². The van der Waals surface area contributed by atoms with Crippen molar-refractivity contribution < 1.29 is 4.79 Å². The van der Waals surface area contributed by atoms with E-state index in [2.05, 4.69) is 5.32 Å². The first-order valence-corrected chi connectivity index (χ1v) is 7.39. The lowest BCUT2D eigenvalue weighted by molar-refractivity contribution is -0.116. The third kappa shape index (κ3) is 8.69. The van der Waals surface area contributed by atoms with Crippen LogP contribution in [0.25, 0.3) is 0 Å². The Bertz CT molecular complexity index is 442. The molecule has 0 bridgehead atoms. The van der Waals surface area contributed by atoms with E-state index in [0.29, 0.717) is 11.4 Å². The number of halogens is 3. The molecule has 0 saturated carbocycles. The number of hydrogen-bond acceptors (Lipinski definition) is 3. The van der Waals surface area contributed by atoms with Crippen LogP contribution in [-0.2, 0) is 4.79 Å². The van der Waals surface area contributed by atoms with E-state index >= 15 is 0 Å². The number of carbonyl (C=O) groups excluding carboxylic acids is 1. The van der Waals surface area contributed by atoms with Gasteiger partial charge in [0.2, 0.25) is 5.91 Å². The molecule has 0 aliphatic heterocycles. The van der Waals surface area contributed by atoms with E-state index in [1.807, 2.05) is 31.1 Å². The number of hydrogen-bond donors (Lipinski definition) is 2. The Morgan fingerprint density at radius 2 is 1.82 bits per heavy atom. The van der Waals surface area contributed by atoms with E-state index in [9.17, 15) is 4.79 Å². The largest absolute Gasteiger partial charge is 0.376 e. The monoisotopic (exact) mass is 369 g/mol. The molecule has 0 aromatic heterocycles. The summed E-state index contributed by atoms with van der Waals surface area (Å²) in [5.74, 6) is 0.0307. The Morgan fingerprint density at radius 1 is 1.18 bits per heavy atom. The van der Waals surface area contributed by atoms with Gasteiger partial charge in [-0.15, -0.1) is 24.8 Å². The van der Waals surface area contributed by atoms with Gasteiger partial charge in [0.1, 0.15) is 0 Å². The molecular weight excluding hydrogens is 345 g/mol. The molecule has 1 aromatic carbocycles. The maximum atomic E-state index is 11.9. The number of rotatable bonds is 8. The standard InChI is InChI=1S/C15H24ClN3O.2ClH/c1-19(2)14-9-8-12(16)11-13(14)18-15(20)7-5-3-4-6-10-17;;/h8-9,11H,3-7,10,17H2,1-2H3,(H,18,20);2*1H. The third-order valence-corrected chi connectivity index (χ3v) is 3.31. The van der Waals surface area contributed by atoms with E-state index in [4.69, 9.17) is 17.3 Å². The van der Waals surface area contributed by atoms with E-state index in [1.165, 1.54) is 0 Å². The minimum absolute atomic E-state index is 0. The third-order valence-electron chi connectivity index (χ3n) is 3.07. The average molecular weight is 371 g/mol. The van der Waals surface area contributed by atoms with Crippen molar-refractivity contribution >= 4 is 53.7 Å². The molecule has 4 nitrogen and oxygen atoms in total. The van der Waals surface area contributed by atoms with Gasteiger partial charge >= 0.3 is 0 Å². The zero-order valence-electron chi connectivity index (χ0n) is 13.1. The SMILES string of the molecule is CN(C)c1ccc(Cl)cc1NC(=O)CCCCCCN.Cl.Cl. The Labute approximate surface area is 150 Å². The molecule has 3 N–H and O–H groups in total. The van der Waals surface area contributed by atoms with E-state index in [1.54, 1.807) is 6.07 Å². The Morgan fingerprint density at radius 3 is 2.41 bits per heavy atom. The molecule has 1 aromatic rings. The van der Waals surface area contributed by atoms with Crippen molar-refractivity contribution in [2.45, 2.75) is 32.1 Å². The van der Waals surface area contributed by atoms with Crippen LogP contribution in [0.5, 0.6) is 0 Å². The average Bonchev–Trinajstić information content (AvgIpc) is 2.38. The highest BCUT2D eigenvalue weighted by Crippen LogP contribution is 2.28. The quantitative estimate of drug-likeness (QED) is 0.677. The van der Waals surface area contributed by atoms with Crippen LogP contribution in [0.1, 0.15) is 32.1 Å².